The number of allylic oxidation sites excluding steroid dienone is 4. The molecule has 3 heteroatoms. The van der Waals surface area contributed by atoms with Gasteiger partial charge >= 0.3 is 0 Å². The molecule has 1 heterocycles. The monoisotopic (exact) mass is 247 g/mol. The smallest absolute Gasteiger partial charge is 0.153 e. The molecule has 1 fully saturated rings. The third-order valence-corrected chi connectivity index (χ3v) is 3.63. The number of halogens is 2. The van der Waals surface area contributed by atoms with Crippen LogP contribution in [0.2, 0.25) is 0 Å². The second kappa shape index (κ2) is 4.56. The molecule has 94 valence electrons. The molecule has 0 saturated carbocycles. The van der Waals surface area contributed by atoms with Gasteiger partial charge in [0.25, 0.3) is 0 Å². The van der Waals surface area contributed by atoms with Crippen molar-refractivity contribution in [2.45, 2.75) is 18.8 Å². The number of nitrogens with zero attached hydrogens (tertiary/aromatic N) is 1. The molecule has 0 bridgehead atoms. The molecule has 3 rings (SSSR count). The van der Waals surface area contributed by atoms with Gasteiger partial charge < -0.3 is 4.90 Å². The molecule has 0 atom stereocenters. The average Bonchev–Trinajstić information content (AvgIpc) is 3.01. The van der Waals surface area contributed by atoms with Gasteiger partial charge in [0, 0.05) is 24.6 Å². The van der Waals surface area contributed by atoms with Gasteiger partial charge in [-0.3, -0.25) is 0 Å². The summed E-state index contributed by atoms with van der Waals surface area (Å²) in [7, 11) is 0. The van der Waals surface area contributed by atoms with Gasteiger partial charge in [-0.05, 0) is 25.0 Å². The fourth-order valence-electron chi connectivity index (χ4n) is 2.69. The summed E-state index contributed by atoms with van der Waals surface area (Å²) in [6.45, 7) is 1.72. The Morgan fingerprint density at radius 3 is 2.33 bits per heavy atom. The van der Waals surface area contributed by atoms with Crippen molar-refractivity contribution in [1.82, 2.24) is 0 Å². The lowest BCUT2D eigenvalue weighted by Crippen LogP contribution is -2.20. The normalized spacial score (nSPS) is 19.1. The van der Waals surface area contributed by atoms with Gasteiger partial charge in [0.2, 0.25) is 0 Å². The van der Waals surface area contributed by atoms with E-state index in [1.165, 1.54) is 6.07 Å². The van der Waals surface area contributed by atoms with Crippen LogP contribution in [0.3, 0.4) is 0 Å². The Balaban J connectivity index is 2.04. The van der Waals surface area contributed by atoms with Crippen LogP contribution in [-0.2, 0) is 0 Å². The van der Waals surface area contributed by atoms with Crippen molar-refractivity contribution in [3.05, 3.63) is 53.6 Å². The molecule has 0 aromatic heterocycles. The Kier molecular flexibility index (Phi) is 2.90. The summed E-state index contributed by atoms with van der Waals surface area (Å²) in [5.74, 6) is -1.14. The molecular weight excluding hydrogens is 232 g/mol. The SMILES string of the molecule is Fc1ccc(N2CCCC2)c(F)c1C1C=CC=C1. The van der Waals surface area contributed by atoms with E-state index in [9.17, 15) is 8.78 Å². The van der Waals surface area contributed by atoms with E-state index < -0.39 is 11.6 Å². The molecule has 0 spiro atoms. The molecule has 0 amide bonds. The molecule has 1 aliphatic heterocycles. The Labute approximate surface area is 105 Å². The maximum absolute atomic E-state index is 14.5. The lowest BCUT2D eigenvalue weighted by atomic mass is 9.98. The van der Waals surface area contributed by atoms with E-state index in [2.05, 4.69) is 0 Å². The van der Waals surface area contributed by atoms with E-state index in [0.717, 1.165) is 25.9 Å². The molecule has 18 heavy (non-hydrogen) atoms. The topological polar surface area (TPSA) is 3.24 Å². The van der Waals surface area contributed by atoms with Gasteiger partial charge in [0.05, 0.1) is 5.69 Å². The summed E-state index contributed by atoms with van der Waals surface area (Å²) in [4.78, 5) is 2.00. The minimum absolute atomic E-state index is 0.171. The van der Waals surface area contributed by atoms with Gasteiger partial charge in [-0.1, -0.05) is 24.3 Å². The fourth-order valence-corrected chi connectivity index (χ4v) is 2.69. The minimum Gasteiger partial charge on any atom is -0.369 e. The van der Waals surface area contributed by atoms with Crippen molar-refractivity contribution < 1.29 is 8.78 Å². The van der Waals surface area contributed by atoms with E-state index in [1.54, 1.807) is 6.07 Å². The zero-order valence-corrected chi connectivity index (χ0v) is 10.1. The predicted octanol–water partition coefficient (Wildman–Crippen LogP) is 3.77. The summed E-state index contributed by atoms with van der Waals surface area (Å²) < 4.78 is 28.3. The van der Waals surface area contributed by atoms with E-state index in [1.807, 2.05) is 29.2 Å². The maximum atomic E-state index is 14.5. The Bertz CT molecular complexity index is 501. The zero-order chi connectivity index (χ0) is 12.5. The average molecular weight is 247 g/mol. The molecule has 1 saturated heterocycles. The maximum Gasteiger partial charge on any atom is 0.153 e. The van der Waals surface area contributed by atoms with Crippen LogP contribution in [0.1, 0.15) is 24.3 Å². The summed E-state index contributed by atoms with van der Waals surface area (Å²) in [6, 6.07) is 2.94. The summed E-state index contributed by atoms with van der Waals surface area (Å²) in [6.07, 6.45) is 9.44. The molecule has 1 aromatic carbocycles. The van der Waals surface area contributed by atoms with Crippen molar-refractivity contribution in [1.29, 1.82) is 0 Å². The largest absolute Gasteiger partial charge is 0.369 e. The number of anilines is 1. The van der Waals surface area contributed by atoms with E-state index in [-0.39, 0.29) is 11.5 Å². The van der Waals surface area contributed by atoms with Crippen LogP contribution in [0.5, 0.6) is 0 Å². The minimum atomic E-state index is -0.461. The second-order valence-electron chi connectivity index (χ2n) is 4.78. The third-order valence-electron chi connectivity index (χ3n) is 3.63. The molecule has 0 radical (unpaired) electrons. The van der Waals surface area contributed by atoms with Gasteiger partial charge in [0.1, 0.15) is 5.82 Å². The molecule has 1 aliphatic carbocycles. The molecule has 0 unspecified atom stereocenters. The highest BCUT2D eigenvalue weighted by atomic mass is 19.1. The van der Waals surface area contributed by atoms with Crippen LogP contribution in [0.25, 0.3) is 0 Å². The Morgan fingerprint density at radius 2 is 1.67 bits per heavy atom. The van der Waals surface area contributed by atoms with Crippen LogP contribution in [0.4, 0.5) is 14.5 Å². The van der Waals surface area contributed by atoms with Crippen molar-refractivity contribution in [3.63, 3.8) is 0 Å². The molecule has 1 aromatic rings. The summed E-state index contributed by atoms with van der Waals surface area (Å²) >= 11 is 0. The Morgan fingerprint density at radius 1 is 1.00 bits per heavy atom. The number of hydrogen-bond acceptors (Lipinski definition) is 1. The zero-order valence-electron chi connectivity index (χ0n) is 10.1. The lowest BCUT2D eigenvalue weighted by molar-refractivity contribution is 0.554. The van der Waals surface area contributed by atoms with Crippen LogP contribution < -0.4 is 4.90 Å². The highest BCUT2D eigenvalue weighted by molar-refractivity contribution is 5.54. The fraction of sp³-hybridized carbons (Fsp3) is 0.333. The van der Waals surface area contributed by atoms with E-state index in [4.69, 9.17) is 0 Å². The number of hydrogen-bond donors (Lipinski definition) is 0. The van der Waals surface area contributed by atoms with Gasteiger partial charge in [0.15, 0.2) is 5.82 Å². The Hall–Kier alpha value is -1.64. The molecule has 0 N–H and O–H groups in total. The first kappa shape index (κ1) is 11.5. The van der Waals surface area contributed by atoms with Crippen LogP contribution in [0, 0.1) is 11.6 Å². The van der Waals surface area contributed by atoms with Crippen molar-refractivity contribution in [2.75, 3.05) is 18.0 Å². The van der Waals surface area contributed by atoms with Gasteiger partial charge in [-0.2, -0.15) is 0 Å². The van der Waals surface area contributed by atoms with Crippen molar-refractivity contribution >= 4 is 5.69 Å². The first-order chi connectivity index (χ1) is 8.77. The second-order valence-corrected chi connectivity index (χ2v) is 4.78. The summed E-state index contributed by atoms with van der Waals surface area (Å²) in [5.41, 5.74) is 0.710. The third kappa shape index (κ3) is 1.84. The number of benzene rings is 1. The quantitative estimate of drug-likeness (QED) is 0.768. The van der Waals surface area contributed by atoms with Crippen LogP contribution in [-0.4, -0.2) is 13.1 Å². The van der Waals surface area contributed by atoms with E-state index in [0.29, 0.717) is 5.69 Å². The van der Waals surface area contributed by atoms with Crippen LogP contribution >= 0.6 is 0 Å². The molecule has 1 nitrogen and oxygen atoms in total. The lowest BCUT2D eigenvalue weighted by Gasteiger charge is -2.21. The standard InChI is InChI=1S/C15H15F2N/c16-12-7-8-13(18-9-3-4-10-18)15(17)14(12)11-5-1-2-6-11/h1-2,5-8,11H,3-4,9-10H2. The highest BCUT2D eigenvalue weighted by Crippen LogP contribution is 2.34. The van der Waals surface area contributed by atoms with Gasteiger partial charge in [-0.15, -0.1) is 0 Å². The predicted molar refractivity (Wildman–Crippen MR) is 68.8 cm³/mol. The first-order valence-electron chi connectivity index (χ1n) is 6.35. The van der Waals surface area contributed by atoms with Crippen molar-refractivity contribution in [2.24, 2.45) is 0 Å². The van der Waals surface area contributed by atoms with Gasteiger partial charge in [-0.25, -0.2) is 8.78 Å². The highest BCUT2D eigenvalue weighted by Gasteiger charge is 2.24. The molecular formula is C15H15F2N. The van der Waals surface area contributed by atoms with Crippen LogP contribution in [0.15, 0.2) is 36.4 Å². The summed E-state index contributed by atoms with van der Waals surface area (Å²) in [5, 5.41) is 0. The molecule has 2 aliphatic rings. The number of rotatable bonds is 2. The first-order valence-corrected chi connectivity index (χ1v) is 6.35. The van der Waals surface area contributed by atoms with E-state index >= 15 is 0 Å². The van der Waals surface area contributed by atoms with Crippen molar-refractivity contribution in [3.8, 4) is 0 Å².